The van der Waals surface area contributed by atoms with Gasteiger partial charge in [-0.3, -0.25) is 10.2 Å². The van der Waals surface area contributed by atoms with Gasteiger partial charge in [-0.15, -0.1) is 0 Å². The molecule has 0 aliphatic heterocycles. The Morgan fingerprint density at radius 3 is 1.43 bits per heavy atom. The predicted molar refractivity (Wildman–Crippen MR) is 99.2 cm³/mol. The van der Waals surface area contributed by atoms with Gasteiger partial charge in [-0.25, -0.2) is 0 Å². The Balaban J connectivity index is 1.51. The first-order chi connectivity index (χ1) is 14.2. The third-order valence-corrected chi connectivity index (χ3v) is 4.50. The molecule has 2 aromatic heterocycles. The highest BCUT2D eigenvalue weighted by Gasteiger charge is 2.35. The van der Waals surface area contributed by atoms with Crippen LogP contribution in [0.3, 0.4) is 0 Å². The maximum absolute atomic E-state index is 13.2. The summed E-state index contributed by atoms with van der Waals surface area (Å²) in [5, 5.41) is 18.1. The monoisotopic (exact) mass is 428 g/mol. The first-order valence-corrected chi connectivity index (χ1v) is 8.72. The van der Waals surface area contributed by atoms with Gasteiger partial charge in [-0.1, -0.05) is 12.1 Å². The number of nitrogens with one attached hydrogen (secondary N) is 4. The molecule has 0 fully saturated rings. The molecule has 2 aromatic carbocycles. The van der Waals surface area contributed by atoms with E-state index in [9.17, 15) is 26.3 Å². The van der Waals surface area contributed by atoms with E-state index in [4.69, 9.17) is 0 Å². The minimum atomic E-state index is -4.56. The fourth-order valence-electron chi connectivity index (χ4n) is 3.24. The summed E-state index contributed by atoms with van der Waals surface area (Å²) in [6.45, 7) is 0.184. The van der Waals surface area contributed by atoms with E-state index in [-0.39, 0.29) is 46.5 Å². The molecule has 0 saturated carbocycles. The van der Waals surface area contributed by atoms with Crippen LogP contribution in [0.1, 0.15) is 11.1 Å². The first kappa shape index (κ1) is 19.9. The number of aromatic amines is 2. The van der Waals surface area contributed by atoms with E-state index in [1.165, 1.54) is 24.3 Å². The molecule has 4 N–H and O–H groups in total. The molecular formula is C18H14F6N6. The lowest BCUT2D eigenvalue weighted by Gasteiger charge is -2.11. The van der Waals surface area contributed by atoms with Crippen molar-refractivity contribution in [3.63, 3.8) is 0 Å². The van der Waals surface area contributed by atoms with Crippen molar-refractivity contribution in [2.75, 3.05) is 23.7 Å². The smallest absolute Gasteiger partial charge is 0.366 e. The zero-order valence-corrected chi connectivity index (χ0v) is 15.0. The molecule has 12 heteroatoms. The summed E-state index contributed by atoms with van der Waals surface area (Å²) < 4.78 is 79.5. The average molecular weight is 428 g/mol. The summed E-state index contributed by atoms with van der Waals surface area (Å²) in [5.41, 5.74) is -1.24. The molecule has 0 radical (unpaired) electrons. The number of hydrogen-bond acceptors (Lipinski definition) is 4. The summed E-state index contributed by atoms with van der Waals surface area (Å²) in [7, 11) is 0. The van der Waals surface area contributed by atoms with Crippen molar-refractivity contribution in [2.24, 2.45) is 0 Å². The summed E-state index contributed by atoms with van der Waals surface area (Å²) in [6.07, 6.45) is -9.11. The Labute approximate surface area is 164 Å². The SMILES string of the molecule is FC(F)(F)c1cccc2[nH]nc(NCCNc3n[nH]c4cccc(C(F)(F)F)c34)c12. The van der Waals surface area contributed by atoms with E-state index in [1.54, 1.807) is 0 Å². The maximum Gasteiger partial charge on any atom is 0.417 e. The highest BCUT2D eigenvalue weighted by molar-refractivity contribution is 5.94. The van der Waals surface area contributed by atoms with Crippen LogP contribution in [0.2, 0.25) is 0 Å². The third-order valence-electron chi connectivity index (χ3n) is 4.50. The Morgan fingerprint density at radius 2 is 1.07 bits per heavy atom. The van der Waals surface area contributed by atoms with Gasteiger partial charge in [0.2, 0.25) is 0 Å². The third kappa shape index (κ3) is 3.60. The molecule has 6 nitrogen and oxygen atoms in total. The largest absolute Gasteiger partial charge is 0.417 e. The van der Waals surface area contributed by atoms with Crippen LogP contribution in [-0.2, 0) is 12.4 Å². The van der Waals surface area contributed by atoms with Gasteiger partial charge < -0.3 is 10.6 Å². The van der Waals surface area contributed by atoms with Crippen molar-refractivity contribution < 1.29 is 26.3 Å². The van der Waals surface area contributed by atoms with E-state index >= 15 is 0 Å². The predicted octanol–water partition coefficient (Wildman–Crippen LogP) is 5.00. The van der Waals surface area contributed by atoms with E-state index in [1.807, 2.05) is 0 Å². The van der Waals surface area contributed by atoms with Crippen molar-refractivity contribution in [1.29, 1.82) is 0 Å². The van der Waals surface area contributed by atoms with Crippen LogP contribution in [0.4, 0.5) is 38.0 Å². The van der Waals surface area contributed by atoms with Gasteiger partial charge in [-0.05, 0) is 24.3 Å². The topological polar surface area (TPSA) is 81.4 Å². The molecular weight excluding hydrogens is 414 g/mol. The number of nitrogens with zero attached hydrogens (tertiary/aromatic N) is 2. The van der Waals surface area contributed by atoms with Crippen molar-refractivity contribution >= 4 is 33.4 Å². The quantitative estimate of drug-likeness (QED) is 0.266. The molecule has 4 rings (SSSR count). The van der Waals surface area contributed by atoms with Gasteiger partial charge in [0, 0.05) is 13.1 Å². The number of alkyl halides is 6. The zero-order valence-electron chi connectivity index (χ0n) is 15.0. The van der Waals surface area contributed by atoms with Crippen molar-refractivity contribution in [2.45, 2.75) is 12.4 Å². The van der Waals surface area contributed by atoms with E-state index in [2.05, 4.69) is 31.0 Å². The molecule has 0 amide bonds. The minimum absolute atomic E-state index is 0.00240. The second-order valence-corrected chi connectivity index (χ2v) is 6.45. The van der Waals surface area contributed by atoms with E-state index in [0.717, 1.165) is 12.1 Å². The number of halogens is 6. The Hall–Kier alpha value is -3.44. The fourth-order valence-corrected chi connectivity index (χ4v) is 3.24. The molecule has 0 unspecified atom stereocenters. The Kier molecular flexibility index (Phi) is 4.71. The number of hydrogen-bond donors (Lipinski definition) is 4. The Morgan fingerprint density at radius 1 is 0.667 bits per heavy atom. The van der Waals surface area contributed by atoms with E-state index < -0.39 is 23.5 Å². The normalized spacial score (nSPS) is 12.6. The molecule has 0 aliphatic carbocycles. The molecule has 0 aliphatic rings. The van der Waals surface area contributed by atoms with Gasteiger partial charge in [0.05, 0.1) is 32.9 Å². The van der Waals surface area contributed by atoms with E-state index in [0.29, 0.717) is 0 Å². The van der Waals surface area contributed by atoms with Gasteiger partial charge in [0.25, 0.3) is 0 Å². The van der Waals surface area contributed by atoms with Crippen molar-refractivity contribution in [3.05, 3.63) is 47.5 Å². The van der Waals surface area contributed by atoms with Crippen molar-refractivity contribution in [1.82, 2.24) is 20.4 Å². The lowest BCUT2D eigenvalue weighted by molar-refractivity contribution is -0.137. The number of benzene rings is 2. The minimum Gasteiger partial charge on any atom is -0.366 e. The van der Waals surface area contributed by atoms with Crippen LogP contribution in [0.15, 0.2) is 36.4 Å². The van der Waals surface area contributed by atoms with Gasteiger partial charge in [0.15, 0.2) is 11.6 Å². The Bertz CT molecular complexity index is 1100. The number of H-pyrrole nitrogens is 2. The number of rotatable bonds is 5. The maximum atomic E-state index is 13.2. The standard InChI is InChI=1S/C18H14F6N6/c19-17(20,21)9-3-1-5-11-13(9)15(29-27-11)25-7-8-26-16-14-10(18(22,23)24)4-2-6-12(14)28-30-16/h1-6H,7-8H2,(H2,25,27,29)(H2,26,28,30). The van der Waals surface area contributed by atoms with Crippen LogP contribution in [0.25, 0.3) is 21.8 Å². The van der Waals surface area contributed by atoms with Crippen LogP contribution in [0, 0.1) is 0 Å². The van der Waals surface area contributed by atoms with Crippen molar-refractivity contribution in [3.8, 4) is 0 Å². The first-order valence-electron chi connectivity index (χ1n) is 8.72. The molecule has 0 atom stereocenters. The molecule has 30 heavy (non-hydrogen) atoms. The number of fused-ring (bicyclic) bond motifs is 2. The summed E-state index contributed by atoms with van der Waals surface area (Å²) >= 11 is 0. The fraction of sp³-hybridized carbons (Fsp3) is 0.222. The molecule has 4 aromatic rings. The molecule has 158 valence electrons. The highest BCUT2D eigenvalue weighted by atomic mass is 19.4. The molecule has 0 bridgehead atoms. The lowest BCUT2D eigenvalue weighted by atomic mass is 10.1. The highest BCUT2D eigenvalue weighted by Crippen LogP contribution is 2.38. The van der Waals surface area contributed by atoms with Gasteiger partial charge in [0.1, 0.15) is 0 Å². The van der Waals surface area contributed by atoms with Crippen LogP contribution < -0.4 is 10.6 Å². The number of aromatic nitrogens is 4. The average Bonchev–Trinajstić information content (AvgIpc) is 3.27. The summed E-state index contributed by atoms with van der Waals surface area (Å²) in [5.74, 6) is 0.00480. The van der Waals surface area contributed by atoms with Gasteiger partial charge in [-0.2, -0.15) is 36.5 Å². The van der Waals surface area contributed by atoms with Gasteiger partial charge >= 0.3 is 12.4 Å². The second-order valence-electron chi connectivity index (χ2n) is 6.45. The molecule has 2 heterocycles. The van der Waals surface area contributed by atoms with Crippen LogP contribution >= 0.6 is 0 Å². The van der Waals surface area contributed by atoms with Crippen LogP contribution in [0.5, 0.6) is 0 Å². The summed E-state index contributed by atoms with van der Waals surface area (Å²) in [4.78, 5) is 0. The summed E-state index contributed by atoms with van der Waals surface area (Å²) in [6, 6.07) is 7.39. The molecule has 0 saturated heterocycles. The molecule has 0 spiro atoms. The van der Waals surface area contributed by atoms with Crippen LogP contribution in [-0.4, -0.2) is 33.5 Å². The lowest BCUT2D eigenvalue weighted by Crippen LogP contribution is -2.15. The second kappa shape index (κ2) is 7.11. The zero-order chi connectivity index (χ0) is 21.5. The number of anilines is 2.